The van der Waals surface area contributed by atoms with E-state index in [1.54, 1.807) is 18.5 Å². The van der Waals surface area contributed by atoms with Crippen LogP contribution in [0.5, 0.6) is 5.75 Å². The number of fused-ring (bicyclic) bond motifs is 1. The third-order valence-electron chi connectivity index (χ3n) is 7.35. The van der Waals surface area contributed by atoms with Gasteiger partial charge in [-0.3, -0.25) is 9.88 Å². The van der Waals surface area contributed by atoms with Crippen LogP contribution in [0.4, 0.5) is 30.7 Å². The highest BCUT2D eigenvalue weighted by Crippen LogP contribution is 2.50. The molecule has 3 heterocycles. The van der Waals surface area contributed by atoms with E-state index in [9.17, 15) is 35.8 Å². The Morgan fingerprint density at radius 1 is 0.921 bits per heavy atom. The molecular formula is C27H23F7N2O2. The average molecular weight is 540 g/mol. The van der Waals surface area contributed by atoms with Crippen molar-refractivity contribution in [2.24, 2.45) is 0 Å². The largest absolute Gasteiger partial charge is 0.485 e. The highest BCUT2D eigenvalue weighted by molar-refractivity contribution is 5.65. The number of halogens is 7. The van der Waals surface area contributed by atoms with E-state index in [2.05, 4.69) is 9.88 Å². The molecule has 0 saturated carbocycles. The molecule has 0 amide bonds. The standard InChI is InChI=1S/C27H23F7N2O2/c28-22-13-17(16-36-11-8-24(9-12-36)14-19-7-10-35-15-23(19)38-24)1-6-21(22)18-2-4-20(5-3-18)25(37,26(29,30)31)27(32,33)34/h1-7,10,13,15,37H,8-9,11-12,14,16H2. The van der Waals surface area contributed by atoms with Gasteiger partial charge in [0.1, 0.15) is 17.2 Å². The molecule has 4 nitrogen and oxygen atoms in total. The number of alkyl halides is 6. The van der Waals surface area contributed by atoms with E-state index < -0.39 is 29.3 Å². The monoisotopic (exact) mass is 540 g/mol. The summed E-state index contributed by atoms with van der Waals surface area (Å²) in [5.41, 5.74) is -4.76. The maximum Gasteiger partial charge on any atom is 0.430 e. The number of likely N-dealkylation sites (tertiary alicyclic amines) is 1. The molecule has 11 heteroatoms. The van der Waals surface area contributed by atoms with Gasteiger partial charge in [0.25, 0.3) is 5.60 Å². The lowest BCUT2D eigenvalue weighted by Crippen LogP contribution is -2.53. The number of benzene rings is 2. The molecule has 1 saturated heterocycles. The van der Waals surface area contributed by atoms with Gasteiger partial charge in [0, 0.05) is 61.8 Å². The molecule has 1 spiro atoms. The Balaban J connectivity index is 1.26. The minimum atomic E-state index is -5.99. The van der Waals surface area contributed by atoms with Crippen molar-refractivity contribution in [1.82, 2.24) is 9.88 Å². The Morgan fingerprint density at radius 3 is 2.16 bits per heavy atom. The second-order valence-corrected chi connectivity index (χ2v) is 9.82. The third-order valence-corrected chi connectivity index (χ3v) is 7.35. The summed E-state index contributed by atoms with van der Waals surface area (Å²) < 4.78 is 99.8. The van der Waals surface area contributed by atoms with Crippen molar-refractivity contribution in [3.8, 4) is 16.9 Å². The first-order valence-electron chi connectivity index (χ1n) is 11.9. The van der Waals surface area contributed by atoms with Crippen LogP contribution < -0.4 is 4.74 Å². The summed E-state index contributed by atoms with van der Waals surface area (Å²) in [6, 6.07) is 9.24. The van der Waals surface area contributed by atoms with Crippen molar-refractivity contribution in [3.63, 3.8) is 0 Å². The smallest absolute Gasteiger partial charge is 0.430 e. The molecule has 1 N–H and O–H groups in total. The van der Waals surface area contributed by atoms with Gasteiger partial charge in [-0.2, -0.15) is 26.3 Å². The molecule has 1 fully saturated rings. The first-order chi connectivity index (χ1) is 17.8. The summed E-state index contributed by atoms with van der Waals surface area (Å²) >= 11 is 0. The lowest BCUT2D eigenvalue weighted by atomic mass is 9.87. The number of pyridine rings is 1. The van der Waals surface area contributed by atoms with Gasteiger partial charge in [-0.05, 0) is 23.3 Å². The molecule has 202 valence electrons. The lowest BCUT2D eigenvalue weighted by molar-refractivity contribution is -0.376. The Hall–Kier alpha value is -3.18. The maximum atomic E-state index is 14.9. The molecule has 1 aromatic heterocycles. The van der Waals surface area contributed by atoms with E-state index in [-0.39, 0.29) is 16.7 Å². The number of rotatable bonds is 4. The van der Waals surface area contributed by atoms with Crippen LogP contribution >= 0.6 is 0 Å². The number of hydrogen-bond acceptors (Lipinski definition) is 4. The Morgan fingerprint density at radius 2 is 1.58 bits per heavy atom. The molecule has 2 aromatic carbocycles. The molecule has 2 aliphatic heterocycles. The topological polar surface area (TPSA) is 45.6 Å². The summed E-state index contributed by atoms with van der Waals surface area (Å²) in [7, 11) is 0. The van der Waals surface area contributed by atoms with E-state index in [0.29, 0.717) is 24.2 Å². The number of aromatic nitrogens is 1. The molecule has 3 aromatic rings. The molecule has 0 radical (unpaired) electrons. The lowest BCUT2D eigenvalue weighted by Gasteiger charge is -2.38. The van der Waals surface area contributed by atoms with Gasteiger partial charge in [0.15, 0.2) is 0 Å². The van der Waals surface area contributed by atoms with Gasteiger partial charge in [-0.1, -0.05) is 36.4 Å². The molecule has 38 heavy (non-hydrogen) atoms. The van der Waals surface area contributed by atoms with Gasteiger partial charge in [0.2, 0.25) is 0 Å². The number of hydrogen-bond donors (Lipinski definition) is 1. The van der Waals surface area contributed by atoms with Crippen molar-refractivity contribution in [2.45, 2.75) is 49.4 Å². The van der Waals surface area contributed by atoms with E-state index >= 15 is 0 Å². The highest BCUT2D eigenvalue weighted by atomic mass is 19.4. The van der Waals surface area contributed by atoms with Crippen molar-refractivity contribution in [1.29, 1.82) is 0 Å². The third kappa shape index (κ3) is 4.62. The second kappa shape index (κ2) is 9.23. The van der Waals surface area contributed by atoms with Crippen LogP contribution in [-0.2, 0) is 18.6 Å². The van der Waals surface area contributed by atoms with Gasteiger partial charge in [-0.15, -0.1) is 0 Å². The molecule has 0 unspecified atom stereocenters. The fourth-order valence-electron chi connectivity index (χ4n) is 5.19. The zero-order valence-electron chi connectivity index (χ0n) is 19.9. The summed E-state index contributed by atoms with van der Waals surface area (Å²) in [6.07, 6.45) is -6.08. The van der Waals surface area contributed by atoms with E-state index in [4.69, 9.17) is 4.74 Å². The molecule has 5 rings (SSSR count). The van der Waals surface area contributed by atoms with Crippen LogP contribution in [0.15, 0.2) is 60.9 Å². The van der Waals surface area contributed by atoms with Crippen LogP contribution in [0.3, 0.4) is 0 Å². The van der Waals surface area contributed by atoms with Crippen LogP contribution in [0.2, 0.25) is 0 Å². The molecule has 2 aliphatic rings. The number of aliphatic hydroxyl groups is 1. The molecule has 0 bridgehead atoms. The van der Waals surface area contributed by atoms with Crippen molar-refractivity contribution in [2.75, 3.05) is 13.1 Å². The van der Waals surface area contributed by atoms with Gasteiger partial charge in [-0.25, -0.2) is 4.39 Å². The van der Waals surface area contributed by atoms with Crippen molar-refractivity contribution >= 4 is 0 Å². The Labute approximate surface area is 213 Å². The first-order valence-corrected chi connectivity index (χ1v) is 11.9. The van der Waals surface area contributed by atoms with Crippen molar-refractivity contribution in [3.05, 3.63) is 83.4 Å². The second-order valence-electron chi connectivity index (χ2n) is 9.82. The number of nitrogens with zero attached hydrogens (tertiary/aromatic N) is 2. The summed E-state index contributed by atoms with van der Waals surface area (Å²) in [5, 5.41) is 9.54. The zero-order chi connectivity index (χ0) is 27.3. The summed E-state index contributed by atoms with van der Waals surface area (Å²) in [5.74, 6) is 0.154. The maximum absolute atomic E-state index is 14.9. The first kappa shape index (κ1) is 26.4. The zero-order valence-corrected chi connectivity index (χ0v) is 19.9. The van der Waals surface area contributed by atoms with E-state index in [0.717, 1.165) is 55.8 Å². The van der Waals surface area contributed by atoms with Crippen molar-refractivity contribution < 1.29 is 40.6 Å². The normalized spacial score (nSPS) is 17.9. The SMILES string of the molecule is OC(c1ccc(-c2ccc(CN3CCC4(CC3)Cc3ccncc3O4)cc2F)cc1)(C(F)(F)F)C(F)(F)F. The van der Waals surface area contributed by atoms with Gasteiger partial charge < -0.3 is 9.84 Å². The summed E-state index contributed by atoms with van der Waals surface area (Å²) in [4.78, 5) is 6.28. The van der Waals surface area contributed by atoms with Gasteiger partial charge in [0.05, 0.1) is 6.20 Å². The van der Waals surface area contributed by atoms with Gasteiger partial charge >= 0.3 is 12.4 Å². The van der Waals surface area contributed by atoms with Crippen LogP contribution in [-0.4, -0.2) is 46.0 Å². The number of piperidine rings is 1. The molecule has 0 aliphatic carbocycles. The predicted octanol–water partition coefficient (Wildman–Crippen LogP) is 6.17. The van der Waals surface area contributed by atoms with Crippen LogP contribution in [0.25, 0.3) is 11.1 Å². The Bertz CT molecular complexity index is 1270. The quantitative estimate of drug-likeness (QED) is 0.402. The molecular weight excluding hydrogens is 517 g/mol. The minimum Gasteiger partial charge on any atom is -0.485 e. The fraction of sp³-hybridized carbons (Fsp3) is 0.370. The fourth-order valence-corrected chi connectivity index (χ4v) is 5.19. The summed E-state index contributed by atoms with van der Waals surface area (Å²) in [6.45, 7) is 1.96. The van der Waals surface area contributed by atoms with E-state index in [1.165, 1.54) is 12.1 Å². The Kier molecular flexibility index (Phi) is 6.42. The van der Waals surface area contributed by atoms with Crippen LogP contribution in [0, 0.1) is 5.82 Å². The highest BCUT2D eigenvalue weighted by Gasteiger charge is 2.71. The predicted molar refractivity (Wildman–Crippen MR) is 124 cm³/mol. The average Bonchev–Trinajstić information content (AvgIpc) is 3.22. The number of ether oxygens (including phenoxy) is 1. The van der Waals surface area contributed by atoms with Crippen LogP contribution in [0.1, 0.15) is 29.5 Å². The minimum absolute atomic E-state index is 0.0196. The van der Waals surface area contributed by atoms with E-state index in [1.807, 2.05) is 6.07 Å². The molecule has 0 atom stereocenters.